The first-order valence-corrected chi connectivity index (χ1v) is 9.74. The Labute approximate surface area is 172 Å². The molecule has 0 aromatic heterocycles. The van der Waals surface area contributed by atoms with Crippen LogP contribution in [0.25, 0.3) is 0 Å². The van der Waals surface area contributed by atoms with E-state index in [4.69, 9.17) is 0 Å². The zero-order valence-electron chi connectivity index (χ0n) is 17.0. The topological polar surface area (TPSA) is 58.2 Å². The lowest BCUT2D eigenvalue weighted by molar-refractivity contribution is -0.126. The first-order valence-electron chi connectivity index (χ1n) is 9.74. The summed E-state index contributed by atoms with van der Waals surface area (Å²) in [4.78, 5) is 25.7. The van der Waals surface area contributed by atoms with Crippen LogP contribution in [0.5, 0.6) is 0 Å². The van der Waals surface area contributed by atoms with Crippen molar-refractivity contribution < 1.29 is 9.59 Å². The normalized spacial score (nSPS) is 11.7. The van der Waals surface area contributed by atoms with E-state index in [1.165, 1.54) is 0 Å². The highest BCUT2D eigenvalue weighted by atomic mass is 16.2. The summed E-state index contributed by atoms with van der Waals surface area (Å²) in [5.41, 5.74) is 4.77. The smallest absolute Gasteiger partial charge is 0.246 e. The van der Waals surface area contributed by atoms with E-state index in [2.05, 4.69) is 10.6 Å². The average Bonchev–Trinajstić information content (AvgIpc) is 2.72. The summed E-state index contributed by atoms with van der Waals surface area (Å²) in [7, 11) is 0. The van der Waals surface area contributed by atoms with Gasteiger partial charge in [0.05, 0.1) is 5.92 Å². The molecule has 29 heavy (non-hydrogen) atoms. The Bertz CT molecular complexity index is 945. The molecular formula is C25H26N2O2. The molecular weight excluding hydrogens is 360 g/mol. The van der Waals surface area contributed by atoms with Crippen molar-refractivity contribution in [3.05, 3.63) is 101 Å². The lowest BCUT2D eigenvalue weighted by Crippen LogP contribution is -2.43. The maximum absolute atomic E-state index is 13.1. The number of hydrogen-bond acceptors (Lipinski definition) is 2. The molecule has 0 aliphatic heterocycles. The largest absolute Gasteiger partial charge is 0.344 e. The molecule has 3 rings (SSSR count). The lowest BCUT2D eigenvalue weighted by atomic mass is 9.90. The minimum atomic E-state index is -0.668. The van der Waals surface area contributed by atoms with Crippen molar-refractivity contribution in [2.75, 3.05) is 5.32 Å². The van der Waals surface area contributed by atoms with Crippen LogP contribution in [-0.4, -0.2) is 17.9 Å². The van der Waals surface area contributed by atoms with Crippen LogP contribution in [0.1, 0.15) is 35.1 Å². The zero-order valence-corrected chi connectivity index (χ0v) is 17.0. The van der Waals surface area contributed by atoms with Gasteiger partial charge in [0, 0.05) is 5.69 Å². The molecule has 0 saturated carbocycles. The highest BCUT2D eigenvalue weighted by Crippen LogP contribution is 2.25. The van der Waals surface area contributed by atoms with E-state index in [1.54, 1.807) is 6.92 Å². The van der Waals surface area contributed by atoms with Gasteiger partial charge in [0.2, 0.25) is 11.8 Å². The molecule has 0 aliphatic carbocycles. The Morgan fingerprint density at radius 3 is 1.79 bits per heavy atom. The monoisotopic (exact) mass is 386 g/mol. The molecule has 0 heterocycles. The summed E-state index contributed by atoms with van der Waals surface area (Å²) in [6, 6.07) is 24.3. The van der Waals surface area contributed by atoms with E-state index >= 15 is 0 Å². The molecule has 3 aromatic rings. The summed E-state index contributed by atoms with van der Waals surface area (Å²) in [5.74, 6) is -0.930. The Balaban J connectivity index is 1.74. The van der Waals surface area contributed by atoms with Crippen LogP contribution >= 0.6 is 0 Å². The third-order valence-corrected chi connectivity index (χ3v) is 5.05. The molecule has 4 nitrogen and oxygen atoms in total. The van der Waals surface area contributed by atoms with Gasteiger partial charge < -0.3 is 10.6 Å². The molecule has 2 N–H and O–H groups in total. The predicted molar refractivity (Wildman–Crippen MR) is 117 cm³/mol. The van der Waals surface area contributed by atoms with Gasteiger partial charge in [-0.05, 0) is 55.2 Å². The van der Waals surface area contributed by atoms with Gasteiger partial charge in [-0.1, -0.05) is 66.7 Å². The number of amides is 2. The van der Waals surface area contributed by atoms with Crippen LogP contribution in [0.4, 0.5) is 5.69 Å². The number of aryl methyl sites for hydroxylation is 2. The highest BCUT2D eigenvalue weighted by Gasteiger charge is 2.25. The maximum atomic E-state index is 13.1. The molecule has 3 aromatic carbocycles. The second-order valence-corrected chi connectivity index (χ2v) is 7.27. The van der Waals surface area contributed by atoms with E-state index in [9.17, 15) is 9.59 Å². The number of nitrogens with one attached hydrogen (secondary N) is 2. The molecule has 0 aliphatic rings. The number of carbonyl (C=O) groups is 2. The SMILES string of the molecule is Cc1ccc(NC(=O)C(C)NC(=O)C(c2ccccc2)c2ccccc2)cc1C. The van der Waals surface area contributed by atoms with Gasteiger partial charge in [0.25, 0.3) is 0 Å². The maximum Gasteiger partial charge on any atom is 0.246 e. The molecule has 2 amide bonds. The molecule has 1 atom stereocenters. The Morgan fingerprint density at radius 2 is 1.28 bits per heavy atom. The number of hydrogen-bond donors (Lipinski definition) is 2. The Kier molecular flexibility index (Phi) is 6.45. The Hall–Kier alpha value is -3.40. The second-order valence-electron chi connectivity index (χ2n) is 7.27. The van der Waals surface area contributed by atoms with Crippen molar-refractivity contribution in [3.63, 3.8) is 0 Å². The van der Waals surface area contributed by atoms with E-state index < -0.39 is 12.0 Å². The first kappa shape index (κ1) is 20.3. The molecule has 0 radical (unpaired) electrons. The van der Waals surface area contributed by atoms with Gasteiger partial charge in [-0.15, -0.1) is 0 Å². The van der Waals surface area contributed by atoms with E-state index in [0.717, 1.165) is 27.9 Å². The van der Waals surface area contributed by atoms with Gasteiger partial charge in [-0.2, -0.15) is 0 Å². The van der Waals surface area contributed by atoms with Gasteiger partial charge in [-0.25, -0.2) is 0 Å². The van der Waals surface area contributed by atoms with Gasteiger partial charge in [0.15, 0.2) is 0 Å². The van der Waals surface area contributed by atoms with Gasteiger partial charge in [0.1, 0.15) is 6.04 Å². The van der Waals surface area contributed by atoms with Gasteiger partial charge >= 0.3 is 0 Å². The second kappa shape index (κ2) is 9.20. The van der Waals surface area contributed by atoms with Crippen LogP contribution in [0.2, 0.25) is 0 Å². The van der Waals surface area contributed by atoms with Crippen LogP contribution in [0.3, 0.4) is 0 Å². The minimum absolute atomic E-state index is 0.204. The third-order valence-electron chi connectivity index (χ3n) is 5.05. The third kappa shape index (κ3) is 5.11. The van der Waals surface area contributed by atoms with Crippen LogP contribution in [-0.2, 0) is 9.59 Å². The molecule has 0 fully saturated rings. The standard InChI is InChI=1S/C25H26N2O2/c1-17-14-15-22(16-18(17)2)27-24(28)19(3)26-25(29)23(20-10-6-4-7-11-20)21-12-8-5-9-13-21/h4-16,19,23H,1-3H3,(H,26,29)(H,27,28). The summed E-state index contributed by atoms with van der Waals surface area (Å²) < 4.78 is 0. The predicted octanol–water partition coefficient (Wildman–Crippen LogP) is 4.58. The summed E-state index contributed by atoms with van der Waals surface area (Å²) in [6.45, 7) is 5.72. The summed E-state index contributed by atoms with van der Waals surface area (Å²) >= 11 is 0. The van der Waals surface area contributed by atoms with Crippen molar-refractivity contribution >= 4 is 17.5 Å². The Morgan fingerprint density at radius 1 is 0.724 bits per heavy atom. The average molecular weight is 386 g/mol. The molecule has 1 unspecified atom stereocenters. The highest BCUT2D eigenvalue weighted by molar-refractivity contribution is 5.98. The number of anilines is 1. The van der Waals surface area contributed by atoms with Crippen molar-refractivity contribution in [1.82, 2.24) is 5.32 Å². The zero-order chi connectivity index (χ0) is 20.8. The number of carbonyl (C=O) groups excluding carboxylic acids is 2. The van der Waals surface area contributed by atoms with Crippen molar-refractivity contribution in [3.8, 4) is 0 Å². The lowest BCUT2D eigenvalue weighted by Gasteiger charge is -2.21. The van der Waals surface area contributed by atoms with Crippen molar-refractivity contribution in [2.45, 2.75) is 32.7 Å². The van der Waals surface area contributed by atoms with Crippen LogP contribution in [0.15, 0.2) is 78.9 Å². The molecule has 4 heteroatoms. The summed E-state index contributed by atoms with van der Waals surface area (Å²) in [6.07, 6.45) is 0. The molecule has 148 valence electrons. The fraction of sp³-hybridized carbons (Fsp3) is 0.200. The molecule has 0 spiro atoms. The molecule has 0 saturated heterocycles. The van der Waals surface area contributed by atoms with Crippen LogP contribution < -0.4 is 10.6 Å². The van der Waals surface area contributed by atoms with E-state index in [-0.39, 0.29) is 11.8 Å². The van der Waals surface area contributed by atoms with Crippen LogP contribution in [0, 0.1) is 13.8 Å². The number of benzene rings is 3. The van der Waals surface area contributed by atoms with Crippen molar-refractivity contribution in [1.29, 1.82) is 0 Å². The minimum Gasteiger partial charge on any atom is -0.344 e. The molecule has 0 bridgehead atoms. The van der Waals surface area contributed by atoms with E-state index in [1.807, 2.05) is 92.7 Å². The van der Waals surface area contributed by atoms with Crippen molar-refractivity contribution in [2.24, 2.45) is 0 Å². The van der Waals surface area contributed by atoms with Gasteiger partial charge in [-0.3, -0.25) is 9.59 Å². The number of rotatable bonds is 6. The first-order chi connectivity index (χ1) is 14.0. The quantitative estimate of drug-likeness (QED) is 0.651. The fourth-order valence-electron chi connectivity index (χ4n) is 3.22. The summed E-state index contributed by atoms with van der Waals surface area (Å²) in [5, 5.41) is 5.75. The fourth-order valence-corrected chi connectivity index (χ4v) is 3.22. The van der Waals surface area contributed by atoms with E-state index in [0.29, 0.717) is 0 Å².